The fourth-order valence-corrected chi connectivity index (χ4v) is 1.14. The Morgan fingerprint density at radius 3 is 2.62 bits per heavy atom. The quantitative estimate of drug-likeness (QED) is 0.445. The van der Waals surface area contributed by atoms with E-state index in [0.29, 0.717) is 0 Å². The Hall–Kier alpha value is -0.100. The summed E-state index contributed by atoms with van der Waals surface area (Å²) < 4.78 is 1.71. The zero-order valence-electron chi connectivity index (χ0n) is 4.76. The highest BCUT2D eigenvalue weighted by atomic mass is 31.0. The molecule has 0 radical (unpaired) electrons. The Morgan fingerprint density at radius 2 is 2.25 bits per heavy atom. The van der Waals surface area contributed by atoms with Gasteiger partial charge in [0.2, 0.25) is 5.91 Å². The molecule has 8 heavy (non-hydrogen) atoms. The van der Waals surface area contributed by atoms with Crippen molar-refractivity contribution < 1.29 is 4.79 Å². The van der Waals surface area contributed by atoms with Crippen molar-refractivity contribution in [2.24, 2.45) is 0 Å². The highest BCUT2D eigenvalue weighted by Gasteiger charge is 2.12. The summed E-state index contributed by atoms with van der Waals surface area (Å²) in [5, 5.41) is 0. The molecule has 1 aliphatic heterocycles. The molecule has 1 aliphatic rings. The maximum Gasteiger partial charge on any atom is 0.225 e. The lowest BCUT2D eigenvalue weighted by Gasteiger charge is -2.20. The van der Waals surface area contributed by atoms with E-state index in [1.54, 1.807) is 4.67 Å². The van der Waals surface area contributed by atoms with Crippen molar-refractivity contribution in [3.05, 3.63) is 0 Å². The van der Waals surface area contributed by atoms with Gasteiger partial charge in [-0.3, -0.25) is 4.79 Å². The first-order chi connectivity index (χ1) is 3.80. The molecule has 0 spiro atoms. The van der Waals surface area contributed by atoms with Gasteiger partial charge in [-0.25, -0.2) is 0 Å². The molecule has 1 amide bonds. The van der Waals surface area contributed by atoms with Gasteiger partial charge in [0.15, 0.2) is 0 Å². The molecule has 0 aromatic heterocycles. The van der Waals surface area contributed by atoms with E-state index in [2.05, 4.69) is 9.39 Å². The van der Waals surface area contributed by atoms with Crippen LogP contribution in [0.5, 0.6) is 0 Å². The van der Waals surface area contributed by atoms with Crippen LogP contribution in [-0.2, 0) is 4.79 Å². The van der Waals surface area contributed by atoms with Crippen LogP contribution >= 0.6 is 9.39 Å². The van der Waals surface area contributed by atoms with Gasteiger partial charge in [0.05, 0.1) is 0 Å². The van der Waals surface area contributed by atoms with Gasteiger partial charge in [0.25, 0.3) is 0 Å². The second-order valence-corrected chi connectivity index (χ2v) is 2.67. The monoisotopic (exact) mass is 131 g/mol. The fraction of sp³-hybridized carbons (Fsp3) is 0.800. The van der Waals surface area contributed by atoms with E-state index < -0.39 is 0 Å². The van der Waals surface area contributed by atoms with E-state index in [0.717, 1.165) is 25.8 Å². The Balaban J connectivity index is 2.39. The lowest BCUT2D eigenvalue weighted by atomic mass is 10.2. The second kappa shape index (κ2) is 2.45. The Morgan fingerprint density at radius 1 is 1.50 bits per heavy atom. The van der Waals surface area contributed by atoms with Crippen LogP contribution < -0.4 is 0 Å². The predicted octanol–water partition coefficient (Wildman–Crippen LogP) is 0.789. The molecule has 0 N–H and O–H groups in total. The summed E-state index contributed by atoms with van der Waals surface area (Å²) in [4.78, 5) is 10.7. The molecule has 1 fully saturated rings. The second-order valence-electron chi connectivity index (χ2n) is 2.04. The van der Waals surface area contributed by atoms with E-state index in [9.17, 15) is 4.79 Å². The third-order valence-electron chi connectivity index (χ3n) is 1.36. The highest BCUT2D eigenvalue weighted by Crippen LogP contribution is 2.13. The first kappa shape index (κ1) is 6.03. The third-order valence-corrected chi connectivity index (χ3v) is 1.91. The number of nitrogens with zero attached hydrogens (tertiary/aromatic N) is 1. The Bertz CT molecular complexity index is 105. The summed E-state index contributed by atoms with van der Waals surface area (Å²) in [6.45, 7) is 0.920. The van der Waals surface area contributed by atoms with Gasteiger partial charge in [-0.05, 0) is 22.2 Å². The Kier molecular flexibility index (Phi) is 1.85. The topological polar surface area (TPSA) is 20.3 Å². The predicted molar refractivity (Wildman–Crippen MR) is 35.3 cm³/mol. The fourth-order valence-electron chi connectivity index (χ4n) is 0.827. The molecule has 1 atom stereocenters. The van der Waals surface area contributed by atoms with Crippen LogP contribution in [0.2, 0.25) is 0 Å². The average molecular weight is 131 g/mol. The highest BCUT2D eigenvalue weighted by molar-refractivity contribution is 7.14. The molecule has 0 aromatic carbocycles. The summed E-state index contributed by atoms with van der Waals surface area (Å²) >= 11 is 0. The molecule has 0 aromatic rings. The van der Waals surface area contributed by atoms with Gasteiger partial charge < -0.3 is 4.67 Å². The van der Waals surface area contributed by atoms with Crippen molar-refractivity contribution in [3.8, 4) is 0 Å². The van der Waals surface area contributed by atoms with E-state index in [-0.39, 0.29) is 5.91 Å². The van der Waals surface area contributed by atoms with E-state index in [1.807, 2.05) is 0 Å². The largest absolute Gasteiger partial charge is 0.327 e. The van der Waals surface area contributed by atoms with E-state index in [1.165, 1.54) is 0 Å². The lowest BCUT2D eigenvalue weighted by molar-refractivity contribution is -0.127. The van der Waals surface area contributed by atoms with Crippen LogP contribution in [-0.4, -0.2) is 17.1 Å². The van der Waals surface area contributed by atoms with Crippen LogP contribution in [0.3, 0.4) is 0 Å². The van der Waals surface area contributed by atoms with Crippen molar-refractivity contribution in [2.75, 3.05) is 6.54 Å². The molecule has 3 heteroatoms. The zero-order chi connectivity index (χ0) is 5.98. The zero-order valence-corrected chi connectivity index (χ0v) is 5.92. The summed E-state index contributed by atoms with van der Waals surface area (Å²) in [6, 6.07) is 0. The molecule has 2 nitrogen and oxygen atoms in total. The van der Waals surface area contributed by atoms with Gasteiger partial charge >= 0.3 is 0 Å². The standard InChI is InChI=1S/C5H10NOP/c7-5-3-1-2-4-6(5)8/h1-4,8H2. The lowest BCUT2D eigenvalue weighted by Crippen LogP contribution is -2.25. The molecule has 0 saturated carbocycles. The van der Waals surface area contributed by atoms with Gasteiger partial charge in [-0.1, -0.05) is 0 Å². The summed E-state index contributed by atoms with van der Waals surface area (Å²) in [7, 11) is 2.43. The van der Waals surface area contributed by atoms with Gasteiger partial charge in [0, 0.05) is 13.0 Å². The summed E-state index contributed by atoms with van der Waals surface area (Å²) in [5.74, 6) is 0.265. The molecule has 46 valence electrons. The number of piperidine rings is 1. The van der Waals surface area contributed by atoms with Crippen molar-refractivity contribution >= 4 is 15.3 Å². The molecule has 1 saturated heterocycles. The first-order valence-electron chi connectivity index (χ1n) is 2.86. The van der Waals surface area contributed by atoms with E-state index >= 15 is 0 Å². The van der Waals surface area contributed by atoms with Crippen molar-refractivity contribution in [2.45, 2.75) is 19.3 Å². The number of carbonyl (C=O) groups excluding carboxylic acids is 1. The van der Waals surface area contributed by atoms with Crippen LogP contribution in [0.15, 0.2) is 0 Å². The van der Waals surface area contributed by atoms with Gasteiger partial charge in [0.1, 0.15) is 0 Å². The van der Waals surface area contributed by atoms with Crippen molar-refractivity contribution in [1.82, 2.24) is 4.67 Å². The van der Waals surface area contributed by atoms with Crippen LogP contribution in [0.1, 0.15) is 19.3 Å². The number of hydrogen-bond donors (Lipinski definition) is 0. The Labute approximate surface area is 51.5 Å². The minimum absolute atomic E-state index is 0.265. The minimum Gasteiger partial charge on any atom is -0.327 e. The smallest absolute Gasteiger partial charge is 0.225 e. The molecule has 0 aliphatic carbocycles. The number of hydrogen-bond acceptors (Lipinski definition) is 1. The third kappa shape index (κ3) is 1.19. The summed E-state index contributed by atoms with van der Waals surface area (Å²) in [6.07, 6.45) is 2.97. The van der Waals surface area contributed by atoms with Crippen molar-refractivity contribution in [1.29, 1.82) is 0 Å². The van der Waals surface area contributed by atoms with Gasteiger partial charge in [-0.2, -0.15) is 0 Å². The molecule has 1 rings (SSSR count). The summed E-state index contributed by atoms with van der Waals surface area (Å²) in [5.41, 5.74) is 0. The maximum atomic E-state index is 10.7. The van der Waals surface area contributed by atoms with Crippen molar-refractivity contribution in [3.63, 3.8) is 0 Å². The SMILES string of the molecule is O=C1CCCCN1P. The number of carbonyl (C=O) groups is 1. The molecule has 1 heterocycles. The number of rotatable bonds is 0. The first-order valence-corrected chi connectivity index (χ1v) is 3.37. The maximum absolute atomic E-state index is 10.7. The molecule has 1 unspecified atom stereocenters. The molecular weight excluding hydrogens is 121 g/mol. The number of amides is 1. The minimum atomic E-state index is 0.265. The van der Waals surface area contributed by atoms with E-state index in [4.69, 9.17) is 0 Å². The average Bonchev–Trinajstić information content (AvgIpc) is 1.77. The molecular formula is C5H10NOP. The van der Waals surface area contributed by atoms with Crippen LogP contribution in [0.25, 0.3) is 0 Å². The van der Waals surface area contributed by atoms with Crippen LogP contribution in [0.4, 0.5) is 0 Å². The molecule has 0 bridgehead atoms. The van der Waals surface area contributed by atoms with Gasteiger partial charge in [-0.15, -0.1) is 0 Å². The normalized spacial score (nSPS) is 21.6. The van der Waals surface area contributed by atoms with Crippen LogP contribution in [0, 0.1) is 0 Å².